The maximum atomic E-state index is 12.0. The molecule has 0 aliphatic rings. The predicted molar refractivity (Wildman–Crippen MR) is 91.4 cm³/mol. The number of benzene rings is 1. The first kappa shape index (κ1) is 16.9. The van der Waals surface area contributed by atoms with Gasteiger partial charge in [0.15, 0.2) is 11.6 Å². The Bertz CT molecular complexity index is 809. The summed E-state index contributed by atoms with van der Waals surface area (Å²) in [5, 5.41) is 9.79. The second kappa shape index (κ2) is 7.76. The summed E-state index contributed by atoms with van der Waals surface area (Å²) in [5.74, 6) is 1.20. The van der Waals surface area contributed by atoms with Gasteiger partial charge in [0, 0.05) is 0 Å². The highest BCUT2D eigenvalue weighted by atomic mass is 16.5. The van der Waals surface area contributed by atoms with E-state index in [-0.39, 0.29) is 18.5 Å². The van der Waals surface area contributed by atoms with Crippen LogP contribution >= 0.6 is 0 Å². The maximum Gasteiger partial charge on any atom is 0.293 e. The van der Waals surface area contributed by atoms with Crippen molar-refractivity contribution < 1.29 is 13.7 Å². The number of hydrogen-bond acceptors (Lipinski definition) is 6. The molecular formula is C18H20N4O3. The average Bonchev–Trinajstić information content (AvgIpc) is 3.26. The average molecular weight is 340 g/mol. The zero-order valence-corrected chi connectivity index (χ0v) is 14.2. The minimum absolute atomic E-state index is 0.0503. The van der Waals surface area contributed by atoms with E-state index in [1.807, 2.05) is 38.1 Å². The van der Waals surface area contributed by atoms with Gasteiger partial charge >= 0.3 is 0 Å². The topological polar surface area (TPSA) is 93.2 Å². The highest BCUT2D eigenvalue weighted by molar-refractivity contribution is 5.78. The molecule has 0 saturated heterocycles. The second-order valence-corrected chi connectivity index (χ2v) is 5.80. The van der Waals surface area contributed by atoms with Gasteiger partial charge in [-0.2, -0.15) is 4.98 Å². The lowest BCUT2D eigenvalue weighted by Gasteiger charge is -2.14. The zero-order valence-electron chi connectivity index (χ0n) is 14.2. The van der Waals surface area contributed by atoms with Crippen molar-refractivity contribution in [2.45, 2.75) is 26.4 Å². The molecule has 25 heavy (non-hydrogen) atoms. The molecular weight excluding hydrogens is 320 g/mol. The fourth-order valence-electron chi connectivity index (χ4n) is 2.34. The fourth-order valence-corrected chi connectivity index (χ4v) is 2.34. The molecule has 7 heteroatoms. The van der Waals surface area contributed by atoms with E-state index in [0.717, 1.165) is 5.56 Å². The van der Waals surface area contributed by atoms with Crippen LogP contribution in [0.5, 0.6) is 0 Å². The quantitative estimate of drug-likeness (QED) is 0.687. The molecule has 0 spiro atoms. The molecule has 0 radical (unpaired) electrons. The largest absolute Gasteiger partial charge is 0.459 e. The number of nitrogens with one attached hydrogen (secondary N) is 2. The number of carbonyl (C=O) groups excluding carboxylic acids is 1. The Morgan fingerprint density at radius 3 is 2.76 bits per heavy atom. The lowest BCUT2D eigenvalue weighted by atomic mass is 10.1. The van der Waals surface area contributed by atoms with E-state index in [1.54, 1.807) is 12.1 Å². The Morgan fingerprint density at radius 2 is 2.04 bits per heavy atom. The molecule has 0 aliphatic heterocycles. The molecule has 2 aromatic heterocycles. The highest BCUT2D eigenvalue weighted by Gasteiger charge is 2.12. The number of aromatic nitrogens is 2. The molecule has 2 heterocycles. The van der Waals surface area contributed by atoms with Gasteiger partial charge in [0.05, 0.1) is 25.4 Å². The number of nitrogens with zero attached hydrogens (tertiary/aromatic N) is 2. The third kappa shape index (κ3) is 4.54. The smallest absolute Gasteiger partial charge is 0.293 e. The molecule has 0 fully saturated rings. The van der Waals surface area contributed by atoms with Crippen molar-refractivity contribution in [1.29, 1.82) is 0 Å². The van der Waals surface area contributed by atoms with Crippen LogP contribution in [-0.2, 0) is 11.3 Å². The molecule has 130 valence electrons. The number of hydrogen-bond donors (Lipinski definition) is 2. The molecule has 1 unspecified atom stereocenters. The van der Waals surface area contributed by atoms with Crippen LogP contribution < -0.4 is 10.6 Å². The van der Waals surface area contributed by atoms with Gasteiger partial charge in [-0.1, -0.05) is 35.0 Å². The standard InChI is InChI=1S/C18H20N4O3/c1-12-5-7-14(8-6-12)13(2)20-17(23)11-19-10-16-21-18(25-22-16)15-4-3-9-24-15/h3-9,13,19H,10-11H2,1-2H3,(H,20,23). The van der Waals surface area contributed by atoms with Crippen molar-refractivity contribution in [2.24, 2.45) is 0 Å². The summed E-state index contributed by atoms with van der Waals surface area (Å²) in [6.07, 6.45) is 1.54. The van der Waals surface area contributed by atoms with Crippen LogP contribution in [0.2, 0.25) is 0 Å². The summed E-state index contributed by atoms with van der Waals surface area (Å²) in [7, 11) is 0. The lowest BCUT2D eigenvalue weighted by Crippen LogP contribution is -2.35. The van der Waals surface area contributed by atoms with Crippen molar-refractivity contribution in [3.05, 3.63) is 59.6 Å². The first-order valence-electron chi connectivity index (χ1n) is 8.05. The molecule has 3 aromatic rings. The molecule has 3 rings (SSSR count). The van der Waals surface area contributed by atoms with Crippen LogP contribution in [0, 0.1) is 6.92 Å². The highest BCUT2D eigenvalue weighted by Crippen LogP contribution is 2.16. The van der Waals surface area contributed by atoms with Gasteiger partial charge in [-0.3, -0.25) is 4.79 Å². The number of amides is 1. The van der Waals surface area contributed by atoms with Gasteiger partial charge in [0.25, 0.3) is 5.89 Å². The minimum atomic E-state index is -0.0946. The van der Waals surface area contributed by atoms with E-state index in [4.69, 9.17) is 8.94 Å². The SMILES string of the molecule is Cc1ccc(C(C)NC(=O)CNCc2noc(-c3ccco3)n2)cc1. The second-order valence-electron chi connectivity index (χ2n) is 5.80. The van der Waals surface area contributed by atoms with Crippen LogP contribution in [0.4, 0.5) is 0 Å². The number of carbonyl (C=O) groups is 1. The summed E-state index contributed by atoms with van der Waals surface area (Å²) in [6.45, 7) is 4.49. The Balaban J connectivity index is 1.44. The number of aryl methyl sites for hydroxylation is 1. The fraction of sp³-hybridized carbons (Fsp3) is 0.278. The molecule has 2 N–H and O–H groups in total. The van der Waals surface area contributed by atoms with Gasteiger partial charge in [0.1, 0.15) is 0 Å². The molecule has 0 aliphatic carbocycles. The van der Waals surface area contributed by atoms with Crippen molar-refractivity contribution >= 4 is 5.91 Å². The van der Waals surface area contributed by atoms with E-state index < -0.39 is 0 Å². The van der Waals surface area contributed by atoms with Gasteiger partial charge in [-0.05, 0) is 31.5 Å². The normalized spacial score (nSPS) is 12.1. The van der Waals surface area contributed by atoms with Crippen LogP contribution in [0.3, 0.4) is 0 Å². The van der Waals surface area contributed by atoms with Crippen molar-refractivity contribution in [3.63, 3.8) is 0 Å². The Kier molecular flexibility index (Phi) is 5.25. The third-order valence-electron chi connectivity index (χ3n) is 3.72. The Hall–Kier alpha value is -2.93. The summed E-state index contributed by atoms with van der Waals surface area (Å²) in [5.41, 5.74) is 2.26. The summed E-state index contributed by atoms with van der Waals surface area (Å²) in [4.78, 5) is 16.2. The lowest BCUT2D eigenvalue weighted by molar-refractivity contribution is -0.120. The Labute approximate surface area is 145 Å². The Morgan fingerprint density at radius 1 is 1.24 bits per heavy atom. The molecule has 1 amide bonds. The van der Waals surface area contributed by atoms with Crippen LogP contribution in [0.15, 0.2) is 51.6 Å². The molecule has 7 nitrogen and oxygen atoms in total. The van der Waals surface area contributed by atoms with E-state index in [1.165, 1.54) is 11.8 Å². The number of rotatable bonds is 7. The minimum Gasteiger partial charge on any atom is -0.459 e. The zero-order chi connectivity index (χ0) is 17.6. The molecule has 0 bridgehead atoms. The third-order valence-corrected chi connectivity index (χ3v) is 3.72. The van der Waals surface area contributed by atoms with Gasteiger partial charge < -0.3 is 19.6 Å². The first-order valence-corrected chi connectivity index (χ1v) is 8.05. The monoisotopic (exact) mass is 340 g/mol. The van der Waals surface area contributed by atoms with Gasteiger partial charge in [-0.15, -0.1) is 0 Å². The summed E-state index contributed by atoms with van der Waals surface area (Å²) < 4.78 is 10.3. The first-order chi connectivity index (χ1) is 12.1. The van der Waals surface area contributed by atoms with E-state index in [0.29, 0.717) is 24.0 Å². The van der Waals surface area contributed by atoms with E-state index in [9.17, 15) is 4.79 Å². The van der Waals surface area contributed by atoms with Gasteiger partial charge in [0.2, 0.25) is 5.91 Å². The molecule has 0 saturated carbocycles. The van der Waals surface area contributed by atoms with Crippen molar-refractivity contribution in [3.8, 4) is 11.7 Å². The maximum absolute atomic E-state index is 12.0. The number of furan rings is 1. The van der Waals surface area contributed by atoms with Crippen LogP contribution in [0.25, 0.3) is 11.7 Å². The predicted octanol–water partition coefficient (Wildman–Crippen LogP) is 2.61. The van der Waals surface area contributed by atoms with Crippen molar-refractivity contribution in [1.82, 2.24) is 20.8 Å². The summed E-state index contributed by atoms with van der Waals surface area (Å²) in [6, 6.07) is 11.5. The summed E-state index contributed by atoms with van der Waals surface area (Å²) >= 11 is 0. The van der Waals surface area contributed by atoms with Crippen molar-refractivity contribution in [2.75, 3.05) is 6.54 Å². The van der Waals surface area contributed by atoms with Gasteiger partial charge in [-0.25, -0.2) is 0 Å². The van der Waals surface area contributed by atoms with E-state index >= 15 is 0 Å². The van der Waals surface area contributed by atoms with Crippen LogP contribution in [-0.4, -0.2) is 22.6 Å². The molecule has 1 aromatic carbocycles. The van der Waals surface area contributed by atoms with Crippen LogP contribution in [0.1, 0.15) is 29.9 Å². The molecule has 1 atom stereocenters. The van der Waals surface area contributed by atoms with E-state index in [2.05, 4.69) is 20.8 Å².